The van der Waals surface area contributed by atoms with Crippen LogP contribution in [0.2, 0.25) is 0 Å². The number of phenols is 1. The normalized spacial score (nSPS) is 27.9. The largest absolute Gasteiger partial charge is 0.507 e. The monoisotopic (exact) mass is 409 g/mol. The van der Waals surface area contributed by atoms with Gasteiger partial charge in [0.1, 0.15) is 11.9 Å². The van der Waals surface area contributed by atoms with Crippen LogP contribution in [0.1, 0.15) is 26.2 Å². The van der Waals surface area contributed by atoms with Crippen molar-refractivity contribution in [1.29, 1.82) is 0 Å². The third kappa shape index (κ3) is 3.09. The number of nitrogens with one attached hydrogen (secondary N) is 1. The Morgan fingerprint density at radius 1 is 1.33 bits per heavy atom. The summed E-state index contributed by atoms with van der Waals surface area (Å²) in [6.07, 6.45) is 8.29. The highest BCUT2D eigenvalue weighted by Crippen LogP contribution is 2.40. The maximum atomic E-state index is 15.2. The van der Waals surface area contributed by atoms with E-state index in [1.165, 1.54) is 0 Å². The number of aromatic hydroxyl groups is 1. The quantitative estimate of drug-likeness (QED) is 0.684. The number of piperidine rings is 1. The molecule has 4 heterocycles. The number of hydrogen-bond donors (Lipinski definition) is 2. The molecule has 5 rings (SSSR count). The maximum absolute atomic E-state index is 15.2. The fraction of sp³-hybridized carbons (Fsp3) is 0.429. The van der Waals surface area contributed by atoms with E-state index in [9.17, 15) is 5.11 Å². The summed E-state index contributed by atoms with van der Waals surface area (Å²) in [6.45, 7) is 1.96. The van der Waals surface area contributed by atoms with E-state index in [1.54, 1.807) is 41.6 Å². The van der Waals surface area contributed by atoms with Gasteiger partial charge in [-0.05, 0) is 38.3 Å². The maximum Gasteiger partial charge on any atom is 0.185 e. The van der Waals surface area contributed by atoms with Gasteiger partial charge in [-0.3, -0.25) is 0 Å². The molecule has 0 saturated carbocycles. The lowest BCUT2D eigenvalue weighted by molar-refractivity contribution is 0.111. The van der Waals surface area contributed by atoms with Gasteiger partial charge >= 0.3 is 0 Å². The molecule has 3 aromatic rings. The average molecular weight is 409 g/mol. The van der Waals surface area contributed by atoms with E-state index in [4.69, 9.17) is 0 Å². The Morgan fingerprint density at radius 3 is 2.90 bits per heavy atom. The molecule has 8 nitrogen and oxygen atoms in total. The number of rotatable bonds is 4. The first-order chi connectivity index (χ1) is 14.4. The van der Waals surface area contributed by atoms with Crippen LogP contribution in [0.25, 0.3) is 17.1 Å². The molecule has 2 aliphatic heterocycles. The van der Waals surface area contributed by atoms with Crippen molar-refractivity contribution in [2.45, 2.75) is 50.0 Å². The molecule has 0 aliphatic carbocycles. The Morgan fingerprint density at radius 2 is 2.20 bits per heavy atom. The van der Waals surface area contributed by atoms with Crippen molar-refractivity contribution in [3.63, 3.8) is 0 Å². The Balaban J connectivity index is 1.37. The number of nitrogens with zero attached hydrogens (tertiary/aromatic N) is 6. The van der Waals surface area contributed by atoms with E-state index in [0.29, 0.717) is 23.2 Å². The summed E-state index contributed by atoms with van der Waals surface area (Å²) >= 11 is 0. The molecule has 0 spiro atoms. The molecule has 30 heavy (non-hydrogen) atoms. The lowest BCUT2D eigenvalue weighted by Crippen LogP contribution is -2.62. The van der Waals surface area contributed by atoms with E-state index in [1.807, 2.05) is 24.9 Å². The number of phenolic OH excluding ortho intramolecular Hbond substituents is 1. The van der Waals surface area contributed by atoms with Crippen LogP contribution in [0.3, 0.4) is 0 Å². The van der Waals surface area contributed by atoms with Crippen LogP contribution in [0.4, 0.5) is 10.2 Å². The standard InChI is InChI=1S/C21H24FN7O/c1-21-6-5-13(25-21)9-16(19(21)22)28(2)18-11-24-20(27-26-18)15-4-3-14(10-17(15)30)29-8-7-23-12-29/h3-4,7-8,10-13,16,19,25,30H,5-6,9H2,1-2H3/t13-,16-,19-,21+/m1/s1. The average Bonchev–Trinajstić information content (AvgIpc) is 3.40. The second-order valence-corrected chi connectivity index (χ2v) is 8.42. The van der Waals surface area contributed by atoms with Crippen LogP contribution in [0.5, 0.6) is 5.75 Å². The van der Waals surface area contributed by atoms with Crippen LogP contribution in [0.15, 0.2) is 43.1 Å². The summed E-state index contributed by atoms with van der Waals surface area (Å²) in [5.74, 6) is 0.887. The van der Waals surface area contributed by atoms with Gasteiger partial charge in [0.05, 0.1) is 29.8 Å². The smallest absolute Gasteiger partial charge is 0.185 e. The Labute approximate surface area is 173 Å². The molecule has 2 saturated heterocycles. The molecule has 2 fully saturated rings. The minimum atomic E-state index is -0.998. The molecule has 4 atom stereocenters. The molecule has 2 aromatic heterocycles. The molecule has 0 radical (unpaired) electrons. The molecular weight excluding hydrogens is 385 g/mol. The van der Waals surface area contributed by atoms with Crippen molar-refractivity contribution < 1.29 is 9.50 Å². The molecular formula is C21H24FN7O. The van der Waals surface area contributed by atoms with Gasteiger partial charge in [0.25, 0.3) is 0 Å². The zero-order chi connectivity index (χ0) is 20.9. The third-order valence-corrected chi connectivity index (χ3v) is 6.45. The van der Waals surface area contributed by atoms with Crippen molar-refractivity contribution in [1.82, 2.24) is 30.0 Å². The predicted molar refractivity (Wildman–Crippen MR) is 110 cm³/mol. The van der Waals surface area contributed by atoms with Crippen LogP contribution in [0, 0.1) is 0 Å². The van der Waals surface area contributed by atoms with E-state index >= 15 is 4.39 Å². The summed E-state index contributed by atoms with van der Waals surface area (Å²) in [7, 11) is 1.84. The second kappa shape index (κ2) is 7.02. The highest BCUT2D eigenvalue weighted by Gasteiger charge is 2.51. The lowest BCUT2D eigenvalue weighted by atomic mass is 9.86. The topological polar surface area (TPSA) is 92.0 Å². The van der Waals surface area contributed by atoms with E-state index in [0.717, 1.165) is 24.9 Å². The van der Waals surface area contributed by atoms with Crippen molar-refractivity contribution in [2.75, 3.05) is 11.9 Å². The molecule has 1 aromatic carbocycles. The Kier molecular flexibility index (Phi) is 4.43. The summed E-state index contributed by atoms with van der Waals surface area (Å²) in [5, 5.41) is 22.3. The first-order valence-corrected chi connectivity index (χ1v) is 10.1. The zero-order valence-electron chi connectivity index (χ0n) is 16.9. The number of benzene rings is 1. The summed E-state index contributed by atoms with van der Waals surface area (Å²) in [6, 6.07) is 5.28. The Hall–Kier alpha value is -3.07. The summed E-state index contributed by atoms with van der Waals surface area (Å²) in [5.41, 5.74) is 0.781. The van der Waals surface area contributed by atoms with E-state index in [-0.39, 0.29) is 11.8 Å². The fourth-order valence-electron chi connectivity index (χ4n) is 4.67. The third-order valence-electron chi connectivity index (χ3n) is 6.45. The van der Waals surface area contributed by atoms with Crippen molar-refractivity contribution >= 4 is 5.82 Å². The van der Waals surface area contributed by atoms with Crippen LogP contribution < -0.4 is 10.2 Å². The number of halogens is 1. The van der Waals surface area contributed by atoms with Crippen molar-refractivity contribution in [2.24, 2.45) is 0 Å². The van der Waals surface area contributed by atoms with Gasteiger partial charge in [-0.1, -0.05) is 0 Å². The van der Waals surface area contributed by atoms with Gasteiger partial charge in [-0.15, -0.1) is 10.2 Å². The fourth-order valence-corrected chi connectivity index (χ4v) is 4.67. The van der Waals surface area contributed by atoms with Gasteiger partial charge < -0.3 is 19.9 Å². The highest BCUT2D eigenvalue weighted by atomic mass is 19.1. The first-order valence-electron chi connectivity index (χ1n) is 10.1. The number of fused-ring (bicyclic) bond motifs is 2. The number of aromatic nitrogens is 5. The molecule has 156 valence electrons. The second-order valence-electron chi connectivity index (χ2n) is 8.42. The zero-order valence-corrected chi connectivity index (χ0v) is 16.9. The Bertz CT molecular complexity index is 1040. The molecule has 0 unspecified atom stereocenters. The van der Waals surface area contributed by atoms with E-state index < -0.39 is 11.7 Å². The minimum Gasteiger partial charge on any atom is -0.507 e. The van der Waals surface area contributed by atoms with Crippen LogP contribution in [-0.2, 0) is 0 Å². The molecule has 2 N–H and O–H groups in total. The van der Waals surface area contributed by atoms with Gasteiger partial charge in [-0.2, -0.15) is 0 Å². The van der Waals surface area contributed by atoms with Crippen LogP contribution >= 0.6 is 0 Å². The SMILES string of the molecule is CN(c1cnc(-c2ccc(-n3ccnc3)cc2O)nn1)[C@@H]1C[C@H]2CC[C@](C)(N2)[C@@H]1F. The number of imidazole rings is 1. The first kappa shape index (κ1) is 18.9. The van der Waals surface area contributed by atoms with Gasteiger partial charge in [-0.25, -0.2) is 14.4 Å². The van der Waals surface area contributed by atoms with Crippen molar-refractivity contribution in [3.8, 4) is 22.8 Å². The minimum absolute atomic E-state index is 0.0516. The molecule has 9 heteroatoms. The van der Waals surface area contributed by atoms with Gasteiger partial charge in [0.15, 0.2) is 11.6 Å². The molecule has 2 bridgehead atoms. The number of anilines is 1. The predicted octanol–water partition coefficient (Wildman–Crippen LogP) is 2.49. The lowest BCUT2D eigenvalue weighted by Gasteiger charge is -2.43. The number of hydrogen-bond acceptors (Lipinski definition) is 7. The van der Waals surface area contributed by atoms with E-state index in [2.05, 4.69) is 25.5 Å². The molecule has 0 amide bonds. The number of alkyl halides is 1. The van der Waals surface area contributed by atoms with Crippen LogP contribution in [-0.4, -0.2) is 60.7 Å². The molecule has 2 aliphatic rings. The van der Waals surface area contributed by atoms with Crippen molar-refractivity contribution in [3.05, 3.63) is 43.1 Å². The van der Waals surface area contributed by atoms with Gasteiger partial charge in [0, 0.05) is 37.1 Å². The highest BCUT2D eigenvalue weighted by molar-refractivity contribution is 5.66. The summed E-state index contributed by atoms with van der Waals surface area (Å²) < 4.78 is 17.0. The summed E-state index contributed by atoms with van der Waals surface area (Å²) in [4.78, 5) is 10.2. The van der Waals surface area contributed by atoms with Gasteiger partial charge in [0.2, 0.25) is 0 Å².